The van der Waals surface area contributed by atoms with Crippen molar-refractivity contribution in [1.29, 1.82) is 0 Å². The molecular weight excluding hydrogens is 319 g/mol. The monoisotopic (exact) mass is 330 g/mol. The number of aromatic nitrogens is 1. The third-order valence-electron chi connectivity index (χ3n) is 2.72. The molecule has 0 aliphatic carbocycles. The third kappa shape index (κ3) is 3.98. The second kappa shape index (κ2) is 6.48. The molecule has 1 aromatic heterocycles. The lowest BCUT2D eigenvalue weighted by Gasteiger charge is -2.13. The second-order valence-electron chi connectivity index (χ2n) is 4.23. The summed E-state index contributed by atoms with van der Waals surface area (Å²) in [5.74, 6) is -0.760. The maximum Gasteiger partial charge on any atom is 0.242 e. The van der Waals surface area contributed by atoms with Crippen LogP contribution in [0.3, 0.4) is 0 Å². The van der Waals surface area contributed by atoms with Gasteiger partial charge in [-0.25, -0.2) is 17.5 Å². The molecule has 0 radical (unpaired) electrons. The van der Waals surface area contributed by atoms with E-state index in [4.69, 9.17) is 11.6 Å². The van der Waals surface area contributed by atoms with Gasteiger partial charge in [-0.15, -0.1) is 0 Å². The average Bonchev–Trinajstić information content (AvgIpc) is 2.45. The molecule has 1 heterocycles. The van der Waals surface area contributed by atoms with Gasteiger partial charge in [0.2, 0.25) is 10.0 Å². The van der Waals surface area contributed by atoms with Crippen LogP contribution in [0.25, 0.3) is 0 Å². The first-order chi connectivity index (χ1) is 9.90. The van der Waals surface area contributed by atoms with E-state index in [2.05, 4.69) is 9.71 Å². The fraction of sp³-hybridized carbons (Fsp3) is 0.154. The normalized spacial score (nSPS) is 13.1. The van der Waals surface area contributed by atoms with Crippen molar-refractivity contribution in [3.63, 3.8) is 0 Å². The fourth-order valence-corrected chi connectivity index (χ4v) is 2.94. The molecule has 0 aliphatic rings. The molecule has 0 bridgehead atoms. The van der Waals surface area contributed by atoms with Crippen molar-refractivity contribution in [2.24, 2.45) is 0 Å². The van der Waals surface area contributed by atoms with E-state index < -0.39 is 21.9 Å². The van der Waals surface area contributed by atoms with Crippen molar-refractivity contribution in [1.82, 2.24) is 9.71 Å². The van der Waals surface area contributed by atoms with Gasteiger partial charge in [-0.05, 0) is 12.1 Å². The van der Waals surface area contributed by atoms with Crippen LogP contribution in [0, 0.1) is 5.82 Å². The van der Waals surface area contributed by atoms with Crippen LogP contribution in [0.4, 0.5) is 4.39 Å². The lowest BCUT2D eigenvalue weighted by molar-refractivity contribution is 0.182. The van der Waals surface area contributed by atoms with Crippen molar-refractivity contribution in [2.75, 3.05) is 6.54 Å². The van der Waals surface area contributed by atoms with Crippen LogP contribution in [0.1, 0.15) is 11.7 Å². The Morgan fingerprint density at radius 3 is 2.71 bits per heavy atom. The largest absolute Gasteiger partial charge is 0.387 e. The van der Waals surface area contributed by atoms with Crippen molar-refractivity contribution in [2.45, 2.75) is 11.0 Å². The van der Waals surface area contributed by atoms with Gasteiger partial charge in [0.15, 0.2) is 0 Å². The quantitative estimate of drug-likeness (QED) is 0.877. The van der Waals surface area contributed by atoms with E-state index >= 15 is 0 Å². The summed E-state index contributed by atoms with van der Waals surface area (Å²) < 4.78 is 39.1. The van der Waals surface area contributed by atoms with E-state index in [-0.39, 0.29) is 11.4 Å². The minimum atomic E-state index is -3.95. The molecular formula is C13H12ClFN2O3S. The Balaban J connectivity index is 2.10. The van der Waals surface area contributed by atoms with Crippen molar-refractivity contribution >= 4 is 21.6 Å². The SMILES string of the molecule is O=S(=O)(NC[C@@H](O)c1ccccc1Cl)c1cncc(F)c1. The summed E-state index contributed by atoms with van der Waals surface area (Å²) in [5.41, 5.74) is 0.402. The zero-order chi connectivity index (χ0) is 15.5. The van der Waals surface area contributed by atoms with Gasteiger partial charge >= 0.3 is 0 Å². The fourth-order valence-electron chi connectivity index (χ4n) is 1.67. The lowest BCUT2D eigenvalue weighted by Crippen LogP contribution is -2.28. The number of pyridine rings is 1. The van der Waals surface area contributed by atoms with Crippen LogP contribution in [-0.2, 0) is 10.0 Å². The molecule has 1 aromatic carbocycles. The molecule has 0 aliphatic heterocycles. The van der Waals surface area contributed by atoms with Gasteiger partial charge in [0.1, 0.15) is 10.7 Å². The van der Waals surface area contributed by atoms with Crippen LogP contribution >= 0.6 is 11.6 Å². The molecule has 112 valence electrons. The summed E-state index contributed by atoms with van der Waals surface area (Å²) in [4.78, 5) is 3.16. The van der Waals surface area contributed by atoms with Gasteiger partial charge in [0, 0.05) is 23.3 Å². The highest BCUT2D eigenvalue weighted by Gasteiger charge is 2.18. The van der Waals surface area contributed by atoms with Gasteiger partial charge in [-0.2, -0.15) is 0 Å². The first-order valence-electron chi connectivity index (χ1n) is 5.93. The van der Waals surface area contributed by atoms with Crippen molar-refractivity contribution in [3.8, 4) is 0 Å². The first kappa shape index (κ1) is 15.8. The summed E-state index contributed by atoms with van der Waals surface area (Å²) in [6.07, 6.45) is 0.806. The minimum absolute atomic E-state index is 0.289. The number of aliphatic hydroxyl groups is 1. The molecule has 5 nitrogen and oxygen atoms in total. The highest BCUT2D eigenvalue weighted by Crippen LogP contribution is 2.22. The third-order valence-corrected chi connectivity index (χ3v) is 4.46. The maximum atomic E-state index is 13.0. The Hall–Kier alpha value is -1.54. The van der Waals surface area contributed by atoms with Crippen molar-refractivity contribution < 1.29 is 17.9 Å². The Morgan fingerprint density at radius 2 is 2.05 bits per heavy atom. The summed E-state index contributed by atoms with van der Waals surface area (Å²) >= 11 is 5.91. The number of aliphatic hydroxyl groups excluding tert-OH is 1. The van der Waals surface area contributed by atoms with E-state index in [1.807, 2.05) is 0 Å². The summed E-state index contributed by atoms with van der Waals surface area (Å²) in [6.45, 7) is -0.289. The Kier molecular flexibility index (Phi) is 4.89. The molecule has 0 fully saturated rings. The van der Waals surface area contributed by atoms with E-state index in [1.54, 1.807) is 24.3 Å². The predicted molar refractivity (Wildman–Crippen MR) is 75.8 cm³/mol. The molecule has 8 heteroatoms. The Labute approximate surface area is 126 Å². The number of hydrogen-bond donors (Lipinski definition) is 2. The van der Waals surface area contributed by atoms with Gasteiger partial charge in [0.25, 0.3) is 0 Å². The van der Waals surface area contributed by atoms with Gasteiger partial charge in [0.05, 0.1) is 12.3 Å². The van der Waals surface area contributed by atoms with Gasteiger partial charge in [-0.3, -0.25) is 4.98 Å². The highest BCUT2D eigenvalue weighted by molar-refractivity contribution is 7.89. The second-order valence-corrected chi connectivity index (χ2v) is 6.40. The smallest absolute Gasteiger partial charge is 0.242 e. The van der Waals surface area contributed by atoms with Crippen LogP contribution in [0.2, 0.25) is 5.02 Å². The van der Waals surface area contributed by atoms with Crippen LogP contribution in [0.15, 0.2) is 47.6 Å². The number of hydrogen-bond acceptors (Lipinski definition) is 4. The Morgan fingerprint density at radius 1 is 1.33 bits per heavy atom. The van der Waals surface area contributed by atoms with E-state index in [0.29, 0.717) is 10.6 Å². The number of rotatable bonds is 5. The molecule has 2 N–H and O–H groups in total. The molecule has 1 atom stereocenters. The molecule has 2 rings (SSSR count). The van der Waals surface area contributed by atoms with Gasteiger partial charge in [-0.1, -0.05) is 29.8 Å². The molecule has 0 spiro atoms. The predicted octanol–water partition coefficient (Wildman–Crippen LogP) is 1.89. The van der Waals surface area contributed by atoms with Crippen LogP contribution < -0.4 is 4.72 Å². The zero-order valence-electron chi connectivity index (χ0n) is 10.7. The standard InChI is InChI=1S/C13H12ClFN2O3S/c14-12-4-2-1-3-11(12)13(18)8-17-21(19,20)10-5-9(15)6-16-7-10/h1-7,13,17-18H,8H2/t13-/m1/s1. The highest BCUT2D eigenvalue weighted by atomic mass is 35.5. The molecule has 21 heavy (non-hydrogen) atoms. The number of nitrogens with one attached hydrogen (secondary N) is 1. The number of benzene rings is 1. The van der Waals surface area contributed by atoms with E-state index in [1.165, 1.54) is 0 Å². The molecule has 0 saturated heterocycles. The molecule has 0 saturated carbocycles. The Bertz CT molecular complexity index is 740. The summed E-state index contributed by atoms with van der Waals surface area (Å²) in [7, 11) is -3.95. The molecule has 0 unspecified atom stereocenters. The minimum Gasteiger partial charge on any atom is -0.387 e. The molecule has 2 aromatic rings. The summed E-state index contributed by atoms with van der Waals surface area (Å²) in [5, 5.41) is 10.3. The van der Waals surface area contributed by atoms with Crippen LogP contribution in [0.5, 0.6) is 0 Å². The van der Waals surface area contributed by atoms with Gasteiger partial charge < -0.3 is 5.11 Å². The first-order valence-corrected chi connectivity index (χ1v) is 7.79. The van der Waals surface area contributed by atoms with Crippen molar-refractivity contribution in [3.05, 3.63) is 59.1 Å². The number of sulfonamides is 1. The topological polar surface area (TPSA) is 79.3 Å². The maximum absolute atomic E-state index is 13.0. The number of halogens is 2. The lowest BCUT2D eigenvalue weighted by atomic mass is 10.1. The molecule has 0 amide bonds. The summed E-state index contributed by atoms with van der Waals surface area (Å²) in [6, 6.07) is 7.39. The zero-order valence-corrected chi connectivity index (χ0v) is 12.3. The van der Waals surface area contributed by atoms with E-state index in [9.17, 15) is 17.9 Å². The van der Waals surface area contributed by atoms with E-state index in [0.717, 1.165) is 18.5 Å². The average molecular weight is 331 g/mol. The van der Waals surface area contributed by atoms with Crippen LogP contribution in [-0.4, -0.2) is 25.1 Å². The number of nitrogens with zero attached hydrogens (tertiary/aromatic N) is 1.